The first kappa shape index (κ1) is 16.7. The maximum Gasteiger partial charge on any atom is 0.261 e. The summed E-state index contributed by atoms with van der Waals surface area (Å²) in [6.07, 6.45) is 6.36. The van der Waals surface area contributed by atoms with Gasteiger partial charge in [-0.05, 0) is 49.6 Å². The molecule has 0 spiro atoms. The van der Waals surface area contributed by atoms with E-state index in [9.17, 15) is 9.59 Å². The molecule has 130 valence electrons. The van der Waals surface area contributed by atoms with Gasteiger partial charge in [0.1, 0.15) is 0 Å². The molecule has 4 rings (SSSR count). The van der Waals surface area contributed by atoms with Gasteiger partial charge in [0.2, 0.25) is 0 Å². The summed E-state index contributed by atoms with van der Waals surface area (Å²) in [4.78, 5) is 32.7. The fourth-order valence-electron chi connectivity index (χ4n) is 3.19. The quantitative estimate of drug-likeness (QED) is 0.481. The van der Waals surface area contributed by atoms with Crippen LogP contribution in [0.1, 0.15) is 38.4 Å². The lowest BCUT2D eigenvalue weighted by atomic mass is 10.1. The van der Waals surface area contributed by atoms with Crippen molar-refractivity contribution < 1.29 is 9.59 Å². The van der Waals surface area contributed by atoms with Gasteiger partial charge in [0.15, 0.2) is 0 Å². The van der Waals surface area contributed by atoms with Crippen molar-refractivity contribution in [2.75, 3.05) is 6.54 Å². The van der Waals surface area contributed by atoms with Gasteiger partial charge in [-0.15, -0.1) is 11.3 Å². The lowest BCUT2D eigenvalue weighted by Crippen LogP contribution is -2.30. The number of unbranched alkanes of at least 4 members (excludes halogenated alkanes) is 1. The maximum atomic E-state index is 12.3. The van der Waals surface area contributed by atoms with Gasteiger partial charge in [-0.3, -0.25) is 19.5 Å². The third kappa shape index (κ3) is 3.18. The number of hydrogen-bond donors (Lipinski definition) is 0. The molecular weight excluding hydrogens is 344 g/mol. The average molecular weight is 362 g/mol. The van der Waals surface area contributed by atoms with E-state index in [0.29, 0.717) is 17.7 Å². The Morgan fingerprint density at radius 1 is 0.885 bits per heavy atom. The van der Waals surface area contributed by atoms with Crippen LogP contribution in [0.4, 0.5) is 0 Å². The van der Waals surface area contributed by atoms with Crippen molar-refractivity contribution >= 4 is 23.2 Å². The van der Waals surface area contributed by atoms with E-state index in [4.69, 9.17) is 0 Å². The zero-order chi connectivity index (χ0) is 17.9. The third-order valence-corrected chi connectivity index (χ3v) is 5.73. The summed E-state index contributed by atoms with van der Waals surface area (Å²) in [5.74, 6) is -0.332. The predicted octanol–water partition coefficient (Wildman–Crippen LogP) is 4.43. The monoisotopic (exact) mass is 362 g/mol. The summed E-state index contributed by atoms with van der Waals surface area (Å²) in [7, 11) is 0. The molecule has 3 aromatic rings. The van der Waals surface area contributed by atoms with E-state index in [1.807, 2.05) is 12.3 Å². The summed E-state index contributed by atoms with van der Waals surface area (Å²) in [6, 6.07) is 15.3. The molecular formula is C21H18N2O2S. The number of carbonyl (C=O) groups excluding carboxylic acids is 2. The van der Waals surface area contributed by atoms with Gasteiger partial charge in [-0.25, -0.2) is 0 Å². The van der Waals surface area contributed by atoms with Gasteiger partial charge >= 0.3 is 0 Å². The number of aromatic nitrogens is 1. The molecule has 26 heavy (non-hydrogen) atoms. The molecule has 3 heterocycles. The highest BCUT2D eigenvalue weighted by Gasteiger charge is 2.34. The highest BCUT2D eigenvalue weighted by atomic mass is 32.1. The SMILES string of the molecule is O=C1c2ccccc2C(=O)N1CCCCc1ccc(-c2cccnc2)s1. The third-order valence-electron chi connectivity index (χ3n) is 4.54. The summed E-state index contributed by atoms with van der Waals surface area (Å²) in [6.45, 7) is 0.479. The lowest BCUT2D eigenvalue weighted by Gasteiger charge is -2.13. The Kier molecular flexibility index (Phi) is 4.63. The fourth-order valence-corrected chi connectivity index (χ4v) is 4.23. The minimum Gasteiger partial charge on any atom is -0.274 e. The summed E-state index contributed by atoms with van der Waals surface area (Å²) < 4.78 is 0. The second kappa shape index (κ2) is 7.22. The van der Waals surface area contributed by atoms with Crippen LogP contribution in [-0.4, -0.2) is 28.2 Å². The number of fused-ring (bicyclic) bond motifs is 1. The number of imide groups is 1. The van der Waals surface area contributed by atoms with Crippen molar-refractivity contribution in [2.45, 2.75) is 19.3 Å². The lowest BCUT2D eigenvalue weighted by molar-refractivity contribution is 0.0652. The Bertz CT molecular complexity index is 914. The molecule has 0 unspecified atom stereocenters. The molecule has 0 atom stereocenters. The smallest absolute Gasteiger partial charge is 0.261 e. The van der Waals surface area contributed by atoms with Crippen LogP contribution >= 0.6 is 11.3 Å². The molecule has 1 aliphatic heterocycles. The zero-order valence-electron chi connectivity index (χ0n) is 14.2. The maximum absolute atomic E-state index is 12.3. The van der Waals surface area contributed by atoms with Gasteiger partial charge in [0.25, 0.3) is 11.8 Å². The number of hydrogen-bond acceptors (Lipinski definition) is 4. The summed E-state index contributed by atoms with van der Waals surface area (Å²) in [5, 5.41) is 0. The number of nitrogens with zero attached hydrogens (tertiary/aromatic N) is 2. The topological polar surface area (TPSA) is 50.3 Å². The number of thiophene rings is 1. The van der Waals surface area contributed by atoms with E-state index >= 15 is 0 Å². The minimum atomic E-state index is -0.166. The molecule has 0 saturated carbocycles. The molecule has 5 heteroatoms. The molecule has 1 aromatic carbocycles. The number of rotatable bonds is 6. The van der Waals surface area contributed by atoms with Gasteiger partial charge in [0, 0.05) is 34.3 Å². The van der Waals surface area contributed by atoms with Crippen LogP contribution in [0, 0.1) is 0 Å². The highest BCUT2D eigenvalue weighted by Crippen LogP contribution is 2.28. The standard InChI is InChI=1S/C21H18N2O2S/c24-20-17-8-1-2-9-18(17)21(25)23(20)13-4-3-7-16-10-11-19(26-16)15-6-5-12-22-14-15/h1-2,5-6,8-12,14H,3-4,7,13H2. The molecule has 2 amide bonds. The van der Waals surface area contributed by atoms with Crippen LogP contribution < -0.4 is 0 Å². The Hall–Kier alpha value is -2.79. The second-order valence-electron chi connectivity index (χ2n) is 6.27. The first-order chi connectivity index (χ1) is 12.7. The fraction of sp³-hybridized carbons (Fsp3) is 0.190. The van der Waals surface area contributed by atoms with Crippen molar-refractivity contribution in [3.8, 4) is 10.4 Å². The van der Waals surface area contributed by atoms with Gasteiger partial charge in [0.05, 0.1) is 11.1 Å². The van der Waals surface area contributed by atoms with Crippen LogP contribution in [0.3, 0.4) is 0 Å². The van der Waals surface area contributed by atoms with E-state index in [1.54, 1.807) is 41.8 Å². The largest absolute Gasteiger partial charge is 0.274 e. The highest BCUT2D eigenvalue weighted by molar-refractivity contribution is 7.15. The number of amides is 2. The van der Waals surface area contributed by atoms with Crippen molar-refractivity contribution in [1.82, 2.24) is 9.88 Å². The Labute approximate surface area is 156 Å². The van der Waals surface area contributed by atoms with E-state index < -0.39 is 0 Å². The zero-order valence-corrected chi connectivity index (χ0v) is 15.0. The van der Waals surface area contributed by atoms with Crippen molar-refractivity contribution in [1.29, 1.82) is 0 Å². The number of pyridine rings is 1. The minimum absolute atomic E-state index is 0.166. The first-order valence-electron chi connectivity index (χ1n) is 8.68. The molecule has 0 radical (unpaired) electrons. The van der Waals surface area contributed by atoms with Crippen molar-refractivity contribution in [3.05, 3.63) is 76.9 Å². The molecule has 0 fully saturated rings. The molecule has 4 nitrogen and oxygen atoms in total. The molecule has 0 saturated heterocycles. The molecule has 1 aliphatic rings. The van der Waals surface area contributed by atoms with Crippen molar-refractivity contribution in [3.63, 3.8) is 0 Å². The van der Waals surface area contributed by atoms with Crippen LogP contribution in [-0.2, 0) is 6.42 Å². The van der Waals surface area contributed by atoms with Crippen LogP contribution in [0.15, 0.2) is 60.9 Å². The first-order valence-corrected chi connectivity index (χ1v) is 9.50. The molecule has 0 aliphatic carbocycles. The normalized spacial score (nSPS) is 13.3. The van der Waals surface area contributed by atoms with Crippen molar-refractivity contribution in [2.24, 2.45) is 0 Å². The Morgan fingerprint density at radius 3 is 2.35 bits per heavy atom. The number of aryl methyl sites for hydroxylation is 1. The van der Waals surface area contributed by atoms with Crippen LogP contribution in [0.25, 0.3) is 10.4 Å². The van der Waals surface area contributed by atoms with E-state index in [0.717, 1.165) is 24.8 Å². The van der Waals surface area contributed by atoms with Crippen LogP contribution in [0.5, 0.6) is 0 Å². The predicted molar refractivity (Wildman–Crippen MR) is 102 cm³/mol. The van der Waals surface area contributed by atoms with Gasteiger partial charge < -0.3 is 0 Å². The van der Waals surface area contributed by atoms with Crippen LogP contribution in [0.2, 0.25) is 0 Å². The van der Waals surface area contributed by atoms with E-state index in [-0.39, 0.29) is 11.8 Å². The average Bonchev–Trinajstić information content (AvgIpc) is 3.25. The second-order valence-corrected chi connectivity index (χ2v) is 7.44. The molecule has 0 bridgehead atoms. The Morgan fingerprint density at radius 2 is 1.65 bits per heavy atom. The summed E-state index contributed by atoms with van der Waals surface area (Å²) >= 11 is 1.77. The molecule has 2 aromatic heterocycles. The van der Waals surface area contributed by atoms with E-state index in [2.05, 4.69) is 23.2 Å². The number of benzene rings is 1. The molecule has 0 N–H and O–H groups in total. The van der Waals surface area contributed by atoms with E-state index in [1.165, 1.54) is 14.7 Å². The number of carbonyl (C=O) groups is 2. The van der Waals surface area contributed by atoms with Gasteiger partial charge in [-0.1, -0.05) is 18.2 Å². The Balaban J connectivity index is 1.31. The van der Waals surface area contributed by atoms with Gasteiger partial charge in [-0.2, -0.15) is 0 Å². The summed E-state index contributed by atoms with van der Waals surface area (Å²) in [5.41, 5.74) is 2.18.